The van der Waals surface area contributed by atoms with Crippen LogP contribution in [0.2, 0.25) is 0 Å². The van der Waals surface area contributed by atoms with Crippen LogP contribution >= 0.6 is 0 Å². The summed E-state index contributed by atoms with van der Waals surface area (Å²) < 4.78 is 0. The first-order chi connectivity index (χ1) is 3.81. The van der Waals surface area contributed by atoms with Crippen LogP contribution < -0.4 is 0 Å². The standard InChI is InChI=1S/C7H13O/c1-3-5-7(8)6-4-2/h1,3-6H2,2H3. The van der Waals surface area contributed by atoms with Crippen LogP contribution in [0.15, 0.2) is 0 Å². The number of hydrogen-bond donors (Lipinski definition) is 0. The highest BCUT2D eigenvalue weighted by Gasteiger charge is 1.94. The lowest BCUT2D eigenvalue weighted by atomic mass is 10.1. The summed E-state index contributed by atoms with van der Waals surface area (Å²) in [5.41, 5.74) is 0. The molecule has 8 heavy (non-hydrogen) atoms. The van der Waals surface area contributed by atoms with E-state index in [0.717, 1.165) is 19.3 Å². The van der Waals surface area contributed by atoms with E-state index in [-0.39, 0.29) is 0 Å². The molecule has 0 aliphatic carbocycles. The summed E-state index contributed by atoms with van der Waals surface area (Å²) in [6.45, 7) is 5.60. The first kappa shape index (κ1) is 7.67. The van der Waals surface area contributed by atoms with Gasteiger partial charge in [0.15, 0.2) is 0 Å². The van der Waals surface area contributed by atoms with E-state index in [2.05, 4.69) is 6.92 Å². The fourth-order valence-electron chi connectivity index (χ4n) is 0.601. The minimum atomic E-state index is 0.350. The molecule has 0 spiro atoms. The average Bonchev–Trinajstić information content (AvgIpc) is 1.68. The summed E-state index contributed by atoms with van der Waals surface area (Å²) in [6.07, 6.45) is 3.11. The number of Topliss-reactive ketones (excluding diaryl/α,β-unsaturated/α-hetero) is 1. The third-order valence-electron chi connectivity index (χ3n) is 0.984. The molecule has 0 bridgehead atoms. The van der Waals surface area contributed by atoms with E-state index in [1.165, 1.54) is 0 Å². The lowest BCUT2D eigenvalue weighted by Crippen LogP contribution is -1.94. The molecular formula is C7H13O. The van der Waals surface area contributed by atoms with Crippen LogP contribution in [0.25, 0.3) is 0 Å². The number of carbonyl (C=O) groups is 1. The molecule has 0 aromatic rings. The SMILES string of the molecule is [CH2]CCC(=O)CCC. The summed E-state index contributed by atoms with van der Waals surface area (Å²) in [5, 5.41) is 0. The quantitative estimate of drug-likeness (QED) is 0.544. The Morgan fingerprint density at radius 1 is 1.50 bits per heavy atom. The molecule has 0 amide bonds. The highest BCUT2D eigenvalue weighted by Crippen LogP contribution is 1.95. The molecule has 0 saturated heterocycles. The van der Waals surface area contributed by atoms with E-state index < -0.39 is 0 Å². The monoisotopic (exact) mass is 113 g/mol. The number of hydrogen-bond acceptors (Lipinski definition) is 1. The van der Waals surface area contributed by atoms with Crippen molar-refractivity contribution < 1.29 is 4.79 Å². The molecule has 0 saturated carbocycles. The largest absolute Gasteiger partial charge is 0.300 e. The molecule has 0 N–H and O–H groups in total. The maximum Gasteiger partial charge on any atom is 0.132 e. The summed E-state index contributed by atoms with van der Waals surface area (Å²) in [4.78, 5) is 10.6. The van der Waals surface area contributed by atoms with E-state index in [0.29, 0.717) is 12.2 Å². The van der Waals surface area contributed by atoms with E-state index >= 15 is 0 Å². The molecule has 1 heteroatoms. The molecule has 0 rings (SSSR count). The second kappa shape index (κ2) is 4.82. The maximum atomic E-state index is 10.6. The Morgan fingerprint density at radius 3 is 2.50 bits per heavy atom. The maximum absolute atomic E-state index is 10.6. The highest BCUT2D eigenvalue weighted by atomic mass is 16.1. The number of ketones is 1. The van der Waals surface area contributed by atoms with Gasteiger partial charge in [0.1, 0.15) is 5.78 Å². The molecular weight excluding hydrogens is 100 g/mol. The predicted octanol–water partition coefficient (Wildman–Crippen LogP) is 1.97. The van der Waals surface area contributed by atoms with Crippen molar-refractivity contribution in [2.24, 2.45) is 0 Å². The first-order valence-corrected chi connectivity index (χ1v) is 3.12. The summed E-state index contributed by atoms with van der Waals surface area (Å²) in [5.74, 6) is 0.350. The summed E-state index contributed by atoms with van der Waals surface area (Å²) in [7, 11) is 0. The van der Waals surface area contributed by atoms with Gasteiger partial charge in [0.2, 0.25) is 0 Å². The zero-order valence-corrected chi connectivity index (χ0v) is 5.44. The molecule has 0 aliphatic heterocycles. The fraction of sp³-hybridized carbons (Fsp3) is 0.714. The minimum absolute atomic E-state index is 0.350. The van der Waals surface area contributed by atoms with Gasteiger partial charge in [-0.25, -0.2) is 0 Å². The second-order valence-electron chi connectivity index (χ2n) is 1.89. The highest BCUT2D eigenvalue weighted by molar-refractivity contribution is 5.78. The van der Waals surface area contributed by atoms with E-state index in [1.807, 2.05) is 6.92 Å². The van der Waals surface area contributed by atoms with Crippen molar-refractivity contribution in [3.8, 4) is 0 Å². The Labute approximate surface area is 51.1 Å². The van der Waals surface area contributed by atoms with E-state index in [4.69, 9.17) is 0 Å². The van der Waals surface area contributed by atoms with Gasteiger partial charge in [-0.2, -0.15) is 0 Å². The Morgan fingerprint density at radius 2 is 2.12 bits per heavy atom. The van der Waals surface area contributed by atoms with Gasteiger partial charge in [-0.05, 0) is 12.8 Å². The van der Waals surface area contributed by atoms with Gasteiger partial charge in [0.25, 0.3) is 0 Å². The van der Waals surface area contributed by atoms with Crippen molar-refractivity contribution in [2.75, 3.05) is 0 Å². The van der Waals surface area contributed by atoms with Gasteiger partial charge in [0, 0.05) is 12.8 Å². The molecule has 0 heterocycles. The van der Waals surface area contributed by atoms with Crippen molar-refractivity contribution >= 4 is 5.78 Å². The van der Waals surface area contributed by atoms with Crippen LogP contribution in [0.1, 0.15) is 32.6 Å². The van der Waals surface area contributed by atoms with Gasteiger partial charge in [-0.1, -0.05) is 13.8 Å². The lowest BCUT2D eigenvalue weighted by molar-refractivity contribution is -0.119. The Kier molecular flexibility index (Phi) is 4.62. The van der Waals surface area contributed by atoms with Crippen LogP contribution in [-0.2, 0) is 4.79 Å². The average molecular weight is 113 g/mol. The van der Waals surface area contributed by atoms with Crippen LogP contribution in [0.3, 0.4) is 0 Å². The molecule has 1 radical (unpaired) electrons. The van der Waals surface area contributed by atoms with E-state index in [1.54, 1.807) is 0 Å². The van der Waals surface area contributed by atoms with Crippen molar-refractivity contribution in [1.29, 1.82) is 0 Å². The Hall–Kier alpha value is -0.330. The molecule has 0 unspecified atom stereocenters. The molecule has 0 fully saturated rings. The third kappa shape index (κ3) is 3.85. The topological polar surface area (TPSA) is 17.1 Å². The van der Waals surface area contributed by atoms with Crippen LogP contribution in [0.5, 0.6) is 0 Å². The van der Waals surface area contributed by atoms with Crippen LogP contribution in [0, 0.1) is 6.92 Å². The fourth-order valence-corrected chi connectivity index (χ4v) is 0.601. The molecule has 47 valence electrons. The molecule has 0 aromatic carbocycles. The first-order valence-electron chi connectivity index (χ1n) is 3.12. The van der Waals surface area contributed by atoms with Crippen LogP contribution in [0.4, 0.5) is 0 Å². The summed E-state index contributed by atoms with van der Waals surface area (Å²) >= 11 is 0. The Balaban J connectivity index is 3.06. The number of carbonyl (C=O) groups excluding carboxylic acids is 1. The molecule has 1 nitrogen and oxygen atoms in total. The molecule has 0 aromatic heterocycles. The minimum Gasteiger partial charge on any atom is -0.300 e. The van der Waals surface area contributed by atoms with E-state index in [9.17, 15) is 4.79 Å². The van der Waals surface area contributed by atoms with Crippen molar-refractivity contribution in [1.82, 2.24) is 0 Å². The van der Waals surface area contributed by atoms with Gasteiger partial charge in [-0.15, -0.1) is 0 Å². The van der Waals surface area contributed by atoms with Crippen LogP contribution in [-0.4, -0.2) is 5.78 Å². The predicted molar refractivity (Wildman–Crippen MR) is 34.5 cm³/mol. The van der Waals surface area contributed by atoms with Gasteiger partial charge in [-0.3, -0.25) is 4.79 Å². The smallest absolute Gasteiger partial charge is 0.132 e. The third-order valence-corrected chi connectivity index (χ3v) is 0.984. The molecule has 0 aliphatic rings. The Bertz CT molecular complexity index is 58.8. The van der Waals surface area contributed by atoms with Gasteiger partial charge < -0.3 is 0 Å². The van der Waals surface area contributed by atoms with Gasteiger partial charge in [0.05, 0.1) is 0 Å². The van der Waals surface area contributed by atoms with Crippen molar-refractivity contribution in [2.45, 2.75) is 32.6 Å². The zero-order valence-electron chi connectivity index (χ0n) is 5.44. The van der Waals surface area contributed by atoms with Gasteiger partial charge >= 0.3 is 0 Å². The number of rotatable bonds is 4. The molecule has 0 atom stereocenters. The van der Waals surface area contributed by atoms with Crippen molar-refractivity contribution in [3.05, 3.63) is 6.92 Å². The summed E-state index contributed by atoms with van der Waals surface area (Å²) in [6, 6.07) is 0. The normalized spacial score (nSPS) is 9.25. The second-order valence-corrected chi connectivity index (χ2v) is 1.89. The lowest BCUT2D eigenvalue weighted by Gasteiger charge is -1.91. The zero-order chi connectivity index (χ0) is 6.41. The van der Waals surface area contributed by atoms with Crippen molar-refractivity contribution in [3.63, 3.8) is 0 Å².